The van der Waals surface area contributed by atoms with E-state index >= 15 is 0 Å². The summed E-state index contributed by atoms with van der Waals surface area (Å²) >= 11 is 7.82. The first-order valence-corrected chi connectivity index (χ1v) is 11.9. The fourth-order valence-electron chi connectivity index (χ4n) is 3.61. The van der Waals surface area contributed by atoms with Crippen molar-refractivity contribution in [1.82, 2.24) is 9.88 Å². The molecule has 31 heavy (non-hydrogen) atoms. The summed E-state index contributed by atoms with van der Waals surface area (Å²) in [6.07, 6.45) is 0. The molecule has 0 saturated carbocycles. The highest BCUT2D eigenvalue weighted by Crippen LogP contribution is 2.29. The van der Waals surface area contributed by atoms with Gasteiger partial charge in [-0.25, -0.2) is 4.98 Å². The molecule has 0 atom stereocenters. The zero-order valence-electron chi connectivity index (χ0n) is 17.8. The Labute approximate surface area is 192 Å². The second-order valence-corrected chi connectivity index (χ2v) is 9.09. The van der Waals surface area contributed by atoms with Crippen molar-refractivity contribution >= 4 is 35.0 Å². The van der Waals surface area contributed by atoms with Crippen LogP contribution in [0.2, 0.25) is 5.02 Å². The van der Waals surface area contributed by atoms with Gasteiger partial charge in [0.1, 0.15) is 5.76 Å². The number of nitrogens with zero attached hydrogens (tertiary/aromatic N) is 3. The van der Waals surface area contributed by atoms with Crippen LogP contribution in [0.15, 0.2) is 52.9 Å². The average Bonchev–Trinajstić information content (AvgIpc) is 3.15. The average molecular weight is 456 g/mol. The number of thioether (sulfide) groups is 1. The molecule has 3 aromatic rings. The van der Waals surface area contributed by atoms with Gasteiger partial charge in [0.25, 0.3) is 0 Å². The van der Waals surface area contributed by atoms with Gasteiger partial charge in [0.05, 0.1) is 22.0 Å². The van der Waals surface area contributed by atoms with Crippen LogP contribution in [0, 0.1) is 13.8 Å². The van der Waals surface area contributed by atoms with Crippen molar-refractivity contribution in [2.24, 2.45) is 0 Å². The van der Waals surface area contributed by atoms with Gasteiger partial charge in [0.2, 0.25) is 11.8 Å². The molecule has 1 saturated heterocycles. The Balaban J connectivity index is 1.26. The van der Waals surface area contributed by atoms with E-state index in [2.05, 4.69) is 41.1 Å². The van der Waals surface area contributed by atoms with Gasteiger partial charge < -0.3 is 14.2 Å². The number of benzene rings is 2. The minimum absolute atomic E-state index is 0.182. The van der Waals surface area contributed by atoms with E-state index in [1.807, 2.05) is 36.1 Å². The summed E-state index contributed by atoms with van der Waals surface area (Å²) in [6, 6.07) is 16.1. The summed E-state index contributed by atoms with van der Waals surface area (Å²) in [4.78, 5) is 21.6. The Bertz CT molecular complexity index is 1040. The maximum atomic E-state index is 12.7. The van der Waals surface area contributed by atoms with Crippen molar-refractivity contribution in [3.8, 4) is 11.5 Å². The van der Waals surface area contributed by atoms with Gasteiger partial charge in [-0.3, -0.25) is 4.79 Å². The van der Waals surface area contributed by atoms with Crippen molar-refractivity contribution < 1.29 is 9.21 Å². The van der Waals surface area contributed by atoms with Gasteiger partial charge in [-0.15, -0.1) is 11.8 Å². The Hall–Kier alpha value is -2.44. The Morgan fingerprint density at radius 3 is 2.48 bits per heavy atom. The van der Waals surface area contributed by atoms with Crippen molar-refractivity contribution in [2.45, 2.75) is 19.6 Å². The standard InChI is InChI=1S/C24H26ClN3O2S/c1-17-7-9-19(10-8-17)27-11-13-28(14-12-27)23(29)16-31-15-22-18(2)30-24(26-22)20-5-3-4-6-21(20)25/h3-10H,11-16H2,1-2H3. The van der Waals surface area contributed by atoms with Crippen molar-refractivity contribution in [2.75, 3.05) is 36.8 Å². The van der Waals surface area contributed by atoms with E-state index in [0.29, 0.717) is 22.4 Å². The van der Waals surface area contributed by atoms with Crippen LogP contribution in [0.25, 0.3) is 11.5 Å². The smallest absolute Gasteiger partial charge is 0.232 e. The second-order valence-electron chi connectivity index (χ2n) is 7.70. The molecule has 162 valence electrons. The maximum absolute atomic E-state index is 12.7. The molecule has 0 unspecified atom stereocenters. The fraction of sp³-hybridized carbons (Fsp3) is 0.333. The van der Waals surface area contributed by atoms with E-state index in [1.165, 1.54) is 11.3 Å². The van der Waals surface area contributed by atoms with Crippen molar-refractivity contribution in [3.05, 3.63) is 70.6 Å². The molecular weight excluding hydrogens is 430 g/mol. The molecule has 1 aliphatic heterocycles. The van der Waals surface area contributed by atoms with E-state index in [9.17, 15) is 4.79 Å². The van der Waals surface area contributed by atoms with Crippen LogP contribution in [0.4, 0.5) is 5.69 Å². The number of hydrogen-bond donors (Lipinski definition) is 0. The van der Waals surface area contributed by atoms with E-state index < -0.39 is 0 Å². The third kappa shape index (κ3) is 5.25. The summed E-state index contributed by atoms with van der Waals surface area (Å²) < 4.78 is 5.81. The summed E-state index contributed by atoms with van der Waals surface area (Å²) in [6.45, 7) is 7.23. The topological polar surface area (TPSA) is 49.6 Å². The second kappa shape index (κ2) is 9.79. The number of carbonyl (C=O) groups is 1. The quantitative estimate of drug-likeness (QED) is 0.511. The SMILES string of the molecule is Cc1ccc(N2CCN(C(=O)CSCc3nc(-c4ccccc4Cl)oc3C)CC2)cc1. The number of oxazole rings is 1. The van der Waals surface area contributed by atoms with Crippen LogP contribution in [-0.4, -0.2) is 47.7 Å². The Kier molecular flexibility index (Phi) is 6.88. The summed E-state index contributed by atoms with van der Waals surface area (Å²) in [5.74, 6) is 2.55. The Morgan fingerprint density at radius 1 is 1.06 bits per heavy atom. The van der Waals surface area contributed by atoms with E-state index in [1.54, 1.807) is 11.8 Å². The van der Waals surface area contributed by atoms with Gasteiger partial charge in [-0.2, -0.15) is 0 Å². The largest absolute Gasteiger partial charge is 0.441 e. The normalized spacial score (nSPS) is 14.2. The first kappa shape index (κ1) is 21.8. The highest BCUT2D eigenvalue weighted by Gasteiger charge is 2.21. The van der Waals surface area contributed by atoms with Crippen LogP contribution in [0.3, 0.4) is 0 Å². The predicted molar refractivity (Wildman–Crippen MR) is 128 cm³/mol. The van der Waals surface area contributed by atoms with Gasteiger partial charge in [-0.05, 0) is 38.1 Å². The van der Waals surface area contributed by atoms with Crippen LogP contribution in [0.5, 0.6) is 0 Å². The van der Waals surface area contributed by atoms with Crippen LogP contribution < -0.4 is 4.90 Å². The molecule has 1 fully saturated rings. The van der Waals surface area contributed by atoms with Crippen molar-refractivity contribution in [3.63, 3.8) is 0 Å². The van der Waals surface area contributed by atoms with Gasteiger partial charge in [0.15, 0.2) is 0 Å². The lowest BCUT2D eigenvalue weighted by atomic mass is 10.2. The molecule has 1 amide bonds. The molecule has 1 aliphatic rings. The third-order valence-corrected chi connectivity index (χ3v) is 6.75. The minimum Gasteiger partial charge on any atom is -0.441 e. The highest BCUT2D eigenvalue weighted by molar-refractivity contribution is 7.99. The zero-order chi connectivity index (χ0) is 21.8. The molecule has 5 nitrogen and oxygen atoms in total. The molecule has 1 aromatic heterocycles. The number of piperazine rings is 1. The zero-order valence-corrected chi connectivity index (χ0v) is 19.4. The fourth-order valence-corrected chi connectivity index (χ4v) is 4.74. The van der Waals surface area contributed by atoms with Crippen molar-refractivity contribution in [1.29, 1.82) is 0 Å². The van der Waals surface area contributed by atoms with E-state index in [-0.39, 0.29) is 5.91 Å². The summed E-state index contributed by atoms with van der Waals surface area (Å²) in [7, 11) is 0. The van der Waals surface area contributed by atoms with E-state index in [0.717, 1.165) is 43.2 Å². The highest BCUT2D eigenvalue weighted by atomic mass is 35.5. The number of anilines is 1. The number of carbonyl (C=O) groups excluding carboxylic acids is 1. The molecule has 0 spiro atoms. The van der Waals surface area contributed by atoms with Gasteiger partial charge in [-0.1, -0.05) is 41.4 Å². The van der Waals surface area contributed by atoms with Gasteiger partial charge >= 0.3 is 0 Å². The number of aromatic nitrogens is 1. The molecule has 7 heteroatoms. The lowest BCUT2D eigenvalue weighted by Gasteiger charge is -2.36. The molecule has 2 heterocycles. The maximum Gasteiger partial charge on any atom is 0.232 e. The number of hydrogen-bond acceptors (Lipinski definition) is 5. The molecule has 2 aromatic carbocycles. The molecule has 4 rings (SSSR count). The number of rotatable bonds is 6. The molecule has 0 aliphatic carbocycles. The van der Waals surface area contributed by atoms with Crippen LogP contribution >= 0.6 is 23.4 Å². The first-order chi connectivity index (χ1) is 15.0. The number of aryl methyl sites for hydroxylation is 2. The predicted octanol–water partition coefficient (Wildman–Crippen LogP) is 5.19. The lowest BCUT2D eigenvalue weighted by Crippen LogP contribution is -2.49. The molecular formula is C24H26ClN3O2S. The number of amides is 1. The monoisotopic (exact) mass is 455 g/mol. The van der Waals surface area contributed by atoms with Crippen LogP contribution in [0.1, 0.15) is 17.0 Å². The lowest BCUT2D eigenvalue weighted by molar-refractivity contribution is -0.128. The Morgan fingerprint density at radius 2 is 1.77 bits per heavy atom. The molecule has 0 radical (unpaired) electrons. The first-order valence-electron chi connectivity index (χ1n) is 10.4. The number of halogens is 1. The summed E-state index contributed by atoms with van der Waals surface area (Å²) in [5, 5.41) is 0.614. The van der Waals surface area contributed by atoms with E-state index in [4.69, 9.17) is 16.0 Å². The summed E-state index contributed by atoms with van der Waals surface area (Å²) in [5.41, 5.74) is 4.13. The minimum atomic E-state index is 0.182. The van der Waals surface area contributed by atoms with Gasteiger partial charge in [0, 0.05) is 37.6 Å². The molecule has 0 bridgehead atoms. The third-order valence-electron chi connectivity index (χ3n) is 5.49. The van der Waals surface area contributed by atoms with Crippen LogP contribution in [-0.2, 0) is 10.5 Å². The molecule has 0 N–H and O–H groups in total.